The number of carbonyl (C=O) groups excluding carboxylic acids is 3. The van der Waals surface area contributed by atoms with E-state index in [0.717, 1.165) is 0 Å². The second-order valence-electron chi connectivity index (χ2n) is 5.95. The molecule has 2 aromatic rings. The van der Waals surface area contributed by atoms with Gasteiger partial charge in [-0.1, -0.05) is 6.07 Å². The molecule has 0 atom stereocenters. The van der Waals surface area contributed by atoms with Crippen LogP contribution in [-0.4, -0.2) is 42.7 Å². The second-order valence-corrected chi connectivity index (χ2v) is 6.36. The summed E-state index contributed by atoms with van der Waals surface area (Å²) in [6.07, 6.45) is 0. The van der Waals surface area contributed by atoms with Crippen molar-refractivity contribution in [3.63, 3.8) is 0 Å². The molecule has 0 fully saturated rings. The van der Waals surface area contributed by atoms with Gasteiger partial charge in [0.25, 0.3) is 11.8 Å². The van der Waals surface area contributed by atoms with E-state index in [1.807, 2.05) is 6.92 Å². The van der Waals surface area contributed by atoms with E-state index in [0.29, 0.717) is 29.2 Å². The molecule has 0 aliphatic heterocycles. The Bertz CT molecular complexity index is 933. The Hall–Kier alpha value is -3.66. The van der Waals surface area contributed by atoms with Gasteiger partial charge in [0.05, 0.1) is 18.8 Å². The Morgan fingerprint density at radius 3 is 2.29 bits per heavy atom. The summed E-state index contributed by atoms with van der Waals surface area (Å²) in [4.78, 5) is 35.7. The molecule has 0 aliphatic rings. The van der Waals surface area contributed by atoms with E-state index in [4.69, 9.17) is 26.4 Å². The summed E-state index contributed by atoms with van der Waals surface area (Å²) >= 11 is 5.00. The van der Waals surface area contributed by atoms with Crippen LogP contribution < -0.4 is 25.6 Å². The minimum absolute atomic E-state index is 0.0843. The van der Waals surface area contributed by atoms with Gasteiger partial charge in [0.15, 0.2) is 11.7 Å². The SMILES string of the molecule is CCOC(=O)c1ccc(OCC(=O)NNC(=S)NC(=O)c2cccc(OCC)c2)cc1. The third kappa shape index (κ3) is 7.94. The van der Waals surface area contributed by atoms with Gasteiger partial charge in [-0.25, -0.2) is 4.79 Å². The summed E-state index contributed by atoms with van der Waals surface area (Å²) in [6.45, 7) is 4.02. The number of amides is 2. The van der Waals surface area contributed by atoms with Crippen molar-refractivity contribution in [3.8, 4) is 11.5 Å². The van der Waals surface area contributed by atoms with Crippen LogP contribution in [0.3, 0.4) is 0 Å². The lowest BCUT2D eigenvalue weighted by atomic mass is 10.2. The first-order valence-corrected chi connectivity index (χ1v) is 9.86. The van der Waals surface area contributed by atoms with Crippen LogP contribution >= 0.6 is 12.2 Å². The molecule has 0 spiro atoms. The first-order chi connectivity index (χ1) is 14.9. The van der Waals surface area contributed by atoms with Gasteiger partial charge in [-0.05, 0) is 68.5 Å². The fourth-order valence-electron chi connectivity index (χ4n) is 2.31. The van der Waals surface area contributed by atoms with Crippen LogP contribution in [0.4, 0.5) is 0 Å². The van der Waals surface area contributed by atoms with E-state index in [1.165, 1.54) is 12.1 Å². The summed E-state index contributed by atoms with van der Waals surface area (Å²) in [7, 11) is 0. The molecule has 0 bridgehead atoms. The summed E-state index contributed by atoms with van der Waals surface area (Å²) in [5.74, 6) is -0.449. The maximum atomic E-state index is 12.2. The molecule has 0 aliphatic carbocycles. The number of rotatable bonds is 8. The second kappa shape index (κ2) is 12.1. The molecule has 0 radical (unpaired) electrons. The first-order valence-electron chi connectivity index (χ1n) is 9.46. The Balaban J connectivity index is 1.74. The first kappa shape index (κ1) is 23.6. The summed E-state index contributed by atoms with van der Waals surface area (Å²) in [5.41, 5.74) is 5.48. The number of esters is 1. The number of ether oxygens (including phenoxy) is 3. The van der Waals surface area contributed by atoms with Crippen molar-refractivity contribution < 1.29 is 28.6 Å². The largest absolute Gasteiger partial charge is 0.494 e. The highest BCUT2D eigenvalue weighted by Gasteiger charge is 2.10. The van der Waals surface area contributed by atoms with Crippen molar-refractivity contribution in [2.75, 3.05) is 19.8 Å². The maximum absolute atomic E-state index is 12.2. The molecule has 2 amide bonds. The third-order valence-electron chi connectivity index (χ3n) is 3.69. The number of hydrazine groups is 1. The lowest BCUT2D eigenvalue weighted by Crippen LogP contribution is -2.49. The van der Waals surface area contributed by atoms with E-state index < -0.39 is 17.8 Å². The van der Waals surface area contributed by atoms with Crippen molar-refractivity contribution in [1.82, 2.24) is 16.2 Å². The Morgan fingerprint density at radius 1 is 0.871 bits per heavy atom. The van der Waals surface area contributed by atoms with Crippen molar-refractivity contribution >= 4 is 35.1 Å². The molecule has 0 saturated carbocycles. The predicted molar refractivity (Wildman–Crippen MR) is 117 cm³/mol. The average molecular weight is 445 g/mol. The molecule has 3 N–H and O–H groups in total. The van der Waals surface area contributed by atoms with Gasteiger partial charge in [0.2, 0.25) is 0 Å². The van der Waals surface area contributed by atoms with Gasteiger partial charge in [0, 0.05) is 5.56 Å². The molecular weight excluding hydrogens is 422 g/mol. The van der Waals surface area contributed by atoms with Crippen molar-refractivity contribution in [3.05, 3.63) is 59.7 Å². The Kier molecular flexibility index (Phi) is 9.24. The zero-order valence-electron chi connectivity index (χ0n) is 17.1. The van der Waals surface area contributed by atoms with E-state index in [-0.39, 0.29) is 18.3 Å². The summed E-state index contributed by atoms with van der Waals surface area (Å²) < 4.78 is 15.6. The number of benzene rings is 2. The van der Waals surface area contributed by atoms with Crippen molar-refractivity contribution in [1.29, 1.82) is 0 Å². The van der Waals surface area contributed by atoms with Gasteiger partial charge >= 0.3 is 5.97 Å². The average Bonchev–Trinajstić information content (AvgIpc) is 2.77. The quantitative estimate of drug-likeness (QED) is 0.321. The van der Waals surface area contributed by atoms with E-state index in [1.54, 1.807) is 43.3 Å². The topological polar surface area (TPSA) is 115 Å². The molecule has 0 heterocycles. The smallest absolute Gasteiger partial charge is 0.338 e. The van der Waals surface area contributed by atoms with Gasteiger partial charge in [0.1, 0.15) is 11.5 Å². The van der Waals surface area contributed by atoms with Gasteiger partial charge in [-0.15, -0.1) is 0 Å². The molecule has 10 heteroatoms. The molecular formula is C21H23N3O6S. The zero-order valence-corrected chi connectivity index (χ0v) is 17.9. The van der Waals surface area contributed by atoms with Crippen molar-refractivity contribution in [2.45, 2.75) is 13.8 Å². The molecule has 0 aromatic heterocycles. The fourth-order valence-corrected chi connectivity index (χ4v) is 2.46. The van der Waals surface area contributed by atoms with Crippen LogP contribution in [0.25, 0.3) is 0 Å². The van der Waals surface area contributed by atoms with Crippen LogP contribution in [0.2, 0.25) is 0 Å². The van der Waals surface area contributed by atoms with E-state index >= 15 is 0 Å². The Labute approximate surface area is 185 Å². The molecule has 31 heavy (non-hydrogen) atoms. The molecule has 164 valence electrons. The zero-order chi connectivity index (χ0) is 22.6. The third-order valence-corrected chi connectivity index (χ3v) is 3.89. The minimum Gasteiger partial charge on any atom is -0.494 e. The van der Waals surface area contributed by atoms with Crippen LogP contribution in [0.5, 0.6) is 11.5 Å². The standard InChI is InChI=1S/C21H23N3O6S/c1-3-28-17-7-5-6-15(12-17)19(26)22-21(31)24-23-18(25)13-30-16-10-8-14(9-11-16)20(27)29-4-2/h5-12H,3-4,13H2,1-2H3,(H,23,25)(H2,22,24,26,31). The highest BCUT2D eigenvalue weighted by atomic mass is 32.1. The van der Waals surface area contributed by atoms with Crippen LogP contribution in [0, 0.1) is 0 Å². The lowest BCUT2D eigenvalue weighted by molar-refractivity contribution is -0.123. The minimum atomic E-state index is -0.524. The van der Waals surface area contributed by atoms with E-state index in [2.05, 4.69) is 16.2 Å². The van der Waals surface area contributed by atoms with Crippen LogP contribution in [-0.2, 0) is 9.53 Å². The number of hydrogen-bond donors (Lipinski definition) is 3. The monoisotopic (exact) mass is 445 g/mol. The predicted octanol–water partition coefficient (Wildman–Crippen LogP) is 1.98. The number of hydrogen-bond acceptors (Lipinski definition) is 7. The van der Waals surface area contributed by atoms with Crippen LogP contribution in [0.15, 0.2) is 48.5 Å². The number of nitrogens with one attached hydrogen (secondary N) is 3. The lowest BCUT2D eigenvalue weighted by Gasteiger charge is -2.12. The normalized spacial score (nSPS) is 9.87. The molecule has 9 nitrogen and oxygen atoms in total. The van der Waals surface area contributed by atoms with E-state index in [9.17, 15) is 14.4 Å². The molecule has 2 rings (SSSR count). The Morgan fingerprint density at radius 2 is 1.61 bits per heavy atom. The fraction of sp³-hybridized carbons (Fsp3) is 0.238. The van der Waals surface area contributed by atoms with Gasteiger partial charge in [-0.2, -0.15) is 0 Å². The number of carbonyl (C=O) groups is 3. The van der Waals surface area contributed by atoms with Crippen molar-refractivity contribution in [2.24, 2.45) is 0 Å². The highest BCUT2D eigenvalue weighted by molar-refractivity contribution is 7.80. The van der Waals surface area contributed by atoms with Gasteiger partial charge < -0.3 is 14.2 Å². The highest BCUT2D eigenvalue weighted by Crippen LogP contribution is 2.14. The summed E-state index contributed by atoms with van der Waals surface area (Å²) in [6, 6.07) is 12.8. The summed E-state index contributed by atoms with van der Waals surface area (Å²) in [5, 5.41) is 2.36. The van der Waals surface area contributed by atoms with Crippen LogP contribution in [0.1, 0.15) is 34.6 Å². The number of thiocarbonyl (C=S) groups is 1. The maximum Gasteiger partial charge on any atom is 0.338 e. The molecule has 0 saturated heterocycles. The van der Waals surface area contributed by atoms with Gasteiger partial charge in [-0.3, -0.25) is 25.8 Å². The molecule has 0 unspecified atom stereocenters. The molecule has 2 aromatic carbocycles.